The van der Waals surface area contributed by atoms with Crippen LogP contribution in [0.25, 0.3) is 0 Å². The molecule has 0 saturated heterocycles. The molecule has 0 fully saturated rings. The first kappa shape index (κ1) is 17.9. The minimum Gasteiger partial charge on any atom is -1.00 e. The summed E-state index contributed by atoms with van der Waals surface area (Å²) in [7, 11) is -2.42. The second-order valence-corrected chi connectivity index (χ2v) is 5.10. The van der Waals surface area contributed by atoms with Gasteiger partial charge >= 0.3 is 29.6 Å². The van der Waals surface area contributed by atoms with E-state index in [2.05, 4.69) is 0 Å². The molecule has 1 atom stereocenters. The normalized spacial score (nSPS) is 12.6. The van der Waals surface area contributed by atoms with E-state index in [0.717, 1.165) is 0 Å². The molecule has 0 amide bonds. The fourth-order valence-electron chi connectivity index (χ4n) is 1.31. The van der Waals surface area contributed by atoms with Gasteiger partial charge in [-0.25, -0.2) is 0 Å². The molecule has 1 aromatic rings. The molecule has 0 aromatic heterocycles. The van der Waals surface area contributed by atoms with Crippen LogP contribution >= 0.6 is 0 Å². The van der Waals surface area contributed by atoms with Crippen molar-refractivity contribution in [3.8, 4) is 5.75 Å². The smallest absolute Gasteiger partial charge is 1.00 e. The van der Waals surface area contributed by atoms with Crippen molar-refractivity contribution in [1.82, 2.24) is 0 Å². The summed E-state index contributed by atoms with van der Waals surface area (Å²) in [5.74, 6) is 0.372. The van der Waals surface area contributed by atoms with Gasteiger partial charge in [-0.05, 0) is 18.6 Å². The predicted octanol–water partition coefficient (Wildman–Crippen LogP) is -1.18. The van der Waals surface area contributed by atoms with Gasteiger partial charge in [-0.3, -0.25) is 4.55 Å². The van der Waals surface area contributed by atoms with E-state index in [9.17, 15) is 8.42 Å². The molecular weight excluding hydrogens is 267 g/mol. The summed E-state index contributed by atoms with van der Waals surface area (Å²) in [5.41, 5.74) is 0. The van der Waals surface area contributed by atoms with Crippen LogP contribution in [0, 0.1) is 0 Å². The zero-order valence-electron chi connectivity index (χ0n) is 11.6. The Morgan fingerprint density at radius 3 is 2.44 bits per heavy atom. The van der Waals surface area contributed by atoms with Crippen LogP contribution in [-0.2, 0) is 14.9 Å². The van der Waals surface area contributed by atoms with E-state index in [1.54, 1.807) is 12.1 Å². The van der Waals surface area contributed by atoms with Gasteiger partial charge in [-0.2, -0.15) is 8.42 Å². The van der Waals surface area contributed by atoms with Gasteiger partial charge in [-0.15, -0.1) is 0 Å². The summed E-state index contributed by atoms with van der Waals surface area (Å²) >= 11 is 0. The topological polar surface area (TPSA) is 72.8 Å². The molecule has 0 heterocycles. The van der Waals surface area contributed by atoms with E-state index in [1.807, 2.05) is 18.2 Å². The van der Waals surface area contributed by atoms with Crippen molar-refractivity contribution < 1.29 is 53.4 Å². The van der Waals surface area contributed by atoms with Crippen LogP contribution in [0.5, 0.6) is 5.75 Å². The Kier molecular flexibility index (Phi) is 8.85. The SMILES string of the molecule is COC(CCCS(=O)(=O)O)Oc1ccccc1.[H-].[Na+]. The summed E-state index contributed by atoms with van der Waals surface area (Å²) in [6, 6.07) is 9.11. The molecule has 1 rings (SSSR count). The van der Waals surface area contributed by atoms with E-state index in [4.69, 9.17) is 14.0 Å². The third-order valence-electron chi connectivity index (χ3n) is 2.12. The Morgan fingerprint density at radius 2 is 1.94 bits per heavy atom. The van der Waals surface area contributed by atoms with Crippen molar-refractivity contribution >= 4 is 10.1 Å². The quantitative estimate of drug-likeness (QED) is 0.388. The fourth-order valence-corrected chi connectivity index (χ4v) is 1.84. The molecule has 18 heavy (non-hydrogen) atoms. The molecule has 0 spiro atoms. The van der Waals surface area contributed by atoms with Crippen molar-refractivity contribution in [1.29, 1.82) is 0 Å². The average Bonchev–Trinajstić information content (AvgIpc) is 2.27. The van der Waals surface area contributed by atoms with E-state index < -0.39 is 16.4 Å². The Balaban J connectivity index is 0. The average molecular weight is 284 g/mol. The fraction of sp³-hybridized carbons (Fsp3) is 0.455. The monoisotopic (exact) mass is 284 g/mol. The summed E-state index contributed by atoms with van der Waals surface area (Å²) < 4.78 is 40.2. The van der Waals surface area contributed by atoms with Gasteiger partial charge in [0.2, 0.25) is 0 Å². The Bertz CT molecular complexity index is 426. The minimum absolute atomic E-state index is 0. The summed E-state index contributed by atoms with van der Waals surface area (Å²) in [6.45, 7) is 0. The van der Waals surface area contributed by atoms with Crippen molar-refractivity contribution in [2.75, 3.05) is 12.9 Å². The zero-order chi connectivity index (χ0) is 12.7. The number of para-hydroxylation sites is 1. The standard InChI is InChI=1S/C11H16O5S.Na.H/c1-15-11(8-5-9-17(12,13)14)16-10-6-3-2-4-7-10;;/h2-4,6-7,11H,5,8-9H2,1H3,(H,12,13,14);;/q;+1;-1. The van der Waals surface area contributed by atoms with Gasteiger partial charge in [-0.1, -0.05) is 18.2 Å². The predicted molar refractivity (Wildman–Crippen MR) is 64.6 cm³/mol. The number of rotatable bonds is 7. The Labute approximate surface area is 131 Å². The largest absolute Gasteiger partial charge is 1.00 e. The molecule has 0 radical (unpaired) electrons. The molecule has 0 saturated carbocycles. The minimum atomic E-state index is -3.91. The Morgan fingerprint density at radius 1 is 1.33 bits per heavy atom. The van der Waals surface area contributed by atoms with Crippen molar-refractivity contribution in [2.24, 2.45) is 0 Å². The third kappa shape index (κ3) is 8.07. The molecular formula is C11H17NaO5S. The number of benzene rings is 1. The first-order valence-electron chi connectivity index (χ1n) is 5.21. The number of hydrogen-bond acceptors (Lipinski definition) is 4. The molecule has 5 nitrogen and oxygen atoms in total. The zero-order valence-corrected chi connectivity index (χ0v) is 13.4. The van der Waals surface area contributed by atoms with Gasteiger partial charge < -0.3 is 10.9 Å². The third-order valence-corrected chi connectivity index (χ3v) is 2.92. The Hall–Kier alpha value is -0.110. The molecule has 1 unspecified atom stereocenters. The van der Waals surface area contributed by atoms with Gasteiger partial charge in [0, 0.05) is 13.5 Å². The van der Waals surface area contributed by atoms with Crippen LogP contribution in [0.3, 0.4) is 0 Å². The molecule has 0 aliphatic carbocycles. The van der Waals surface area contributed by atoms with Crippen LogP contribution in [0.4, 0.5) is 0 Å². The first-order chi connectivity index (χ1) is 8.01. The molecule has 1 aromatic carbocycles. The molecule has 98 valence electrons. The van der Waals surface area contributed by atoms with E-state index in [0.29, 0.717) is 12.2 Å². The van der Waals surface area contributed by atoms with Crippen LogP contribution in [0.15, 0.2) is 30.3 Å². The van der Waals surface area contributed by atoms with Crippen LogP contribution in [0.2, 0.25) is 0 Å². The first-order valence-corrected chi connectivity index (χ1v) is 6.82. The van der Waals surface area contributed by atoms with Gasteiger partial charge in [0.1, 0.15) is 5.75 Å². The van der Waals surface area contributed by atoms with E-state index >= 15 is 0 Å². The summed E-state index contributed by atoms with van der Waals surface area (Å²) in [5, 5.41) is 0. The van der Waals surface area contributed by atoms with Crippen LogP contribution < -0.4 is 34.3 Å². The maximum atomic E-state index is 10.5. The molecule has 0 bridgehead atoms. The van der Waals surface area contributed by atoms with Gasteiger partial charge in [0.25, 0.3) is 10.1 Å². The van der Waals surface area contributed by atoms with Crippen molar-refractivity contribution in [3.63, 3.8) is 0 Å². The molecule has 0 aliphatic rings. The van der Waals surface area contributed by atoms with E-state index in [1.165, 1.54) is 7.11 Å². The number of methoxy groups -OCH3 is 1. The second kappa shape index (κ2) is 8.90. The van der Waals surface area contributed by atoms with Crippen molar-refractivity contribution in [2.45, 2.75) is 19.1 Å². The molecule has 0 aliphatic heterocycles. The van der Waals surface area contributed by atoms with Crippen LogP contribution in [0.1, 0.15) is 14.3 Å². The summed E-state index contributed by atoms with van der Waals surface area (Å²) in [6.07, 6.45) is 0.161. The van der Waals surface area contributed by atoms with Gasteiger partial charge in [0.05, 0.1) is 5.75 Å². The summed E-state index contributed by atoms with van der Waals surface area (Å²) in [4.78, 5) is 0. The van der Waals surface area contributed by atoms with Crippen molar-refractivity contribution in [3.05, 3.63) is 30.3 Å². The van der Waals surface area contributed by atoms with Crippen LogP contribution in [-0.4, -0.2) is 32.1 Å². The maximum Gasteiger partial charge on any atom is 1.00 e. The molecule has 7 heteroatoms. The van der Waals surface area contributed by atoms with Gasteiger partial charge in [0.15, 0.2) is 6.29 Å². The maximum absolute atomic E-state index is 10.5. The number of ether oxygens (including phenoxy) is 2. The number of hydrogen-bond donors (Lipinski definition) is 1. The second-order valence-electron chi connectivity index (χ2n) is 3.52. The molecule has 1 N–H and O–H groups in total. The van der Waals surface area contributed by atoms with E-state index in [-0.39, 0.29) is 43.2 Å².